The van der Waals surface area contributed by atoms with E-state index in [1.165, 1.54) is 0 Å². The number of rotatable bonds is 4. The predicted molar refractivity (Wildman–Crippen MR) is 58.2 cm³/mol. The summed E-state index contributed by atoms with van der Waals surface area (Å²) < 4.78 is 22.2. The molecule has 1 fully saturated rings. The van der Waals surface area contributed by atoms with Gasteiger partial charge in [0.15, 0.2) is 9.84 Å². The molecule has 1 aliphatic rings. The summed E-state index contributed by atoms with van der Waals surface area (Å²) in [5.41, 5.74) is 0. The van der Waals surface area contributed by atoms with Gasteiger partial charge in [0.05, 0.1) is 11.5 Å². The van der Waals surface area contributed by atoms with Gasteiger partial charge in [0, 0.05) is 18.3 Å². The van der Waals surface area contributed by atoms with Gasteiger partial charge in [-0.05, 0) is 12.3 Å². The van der Waals surface area contributed by atoms with Gasteiger partial charge in [0.1, 0.15) is 0 Å². The number of nitrogens with one attached hydrogen (secondary N) is 1. The monoisotopic (exact) mass is 283 g/mol. The van der Waals surface area contributed by atoms with Crippen molar-refractivity contribution in [2.75, 3.05) is 23.4 Å². The van der Waals surface area contributed by atoms with E-state index in [4.69, 9.17) is 0 Å². The Morgan fingerprint density at radius 1 is 1.50 bits per heavy atom. The standard InChI is InChI=1S/C8H14BrNO3S/c9-3-1-8(11)10-5-7-2-4-14(12,13)6-7/h7H,1-6H2,(H,10,11). The van der Waals surface area contributed by atoms with Crippen LogP contribution in [-0.4, -0.2) is 37.7 Å². The molecule has 0 radical (unpaired) electrons. The zero-order valence-electron chi connectivity index (χ0n) is 7.83. The fourth-order valence-electron chi connectivity index (χ4n) is 1.47. The third kappa shape index (κ3) is 3.96. The lowest BCUT2D eigenvalue weighted by Gasteiger charge is -2.08. The molecular weight excluding hydrogens is 270 g/mol. The lowest BCUT2D eigenvalue weighted by Crippen LogP contribution is -2.29. The molecule has 1 rings (SSSR count). The van der Waals surface area contributed by atoms with E-state index in [1.807, 2.05) is 0 Å². The molecule has 0 aromatic rings. The van der Waals surface area contributed by atoms with Crippen molar-refractivity contribution in [3.8, 4) is 0 Å². The maximum atomic E-state index is 11.1. The first kappa shape index (κ1) is 12.0. The van der Waals surface area contributed by atoms with Crippen molar-refractivity contribution in [1.29, 1.82) is 0 Å². The third-order valence-corrected chi connectivity index (χ3v) is 4.47. The van der Waals surface area contributed by atoms with Gasteiger partial charge >= 0.3 is 0 Å². The van der Waals surface area contributed by atoms with Crippen molar-refractivity contribution >= 4 is 31.7 Å². The minimum Gasteiger partial charge on any atom is -0.356 e. The van der Waals surface area contributed by atoms with E-state index in [1.54, 1.807) is 0 Å². The molecule has 0 saturated carbocycles. The Hall–Kier alpha value is -0.100. The molecule has 0 aromatic heterocycles. The van der Waals surface area contributed by atoms with E-state index in [0.717, 1.165) is 0 Å². The minimum atomic E-state index is -2.82. The van der Waals surface area contributed by atoms with Crippen LogP contribution in [0.3, 0.4) is 0 Å². The molecule has 4 nitrogen and oxygen atoms in total. The lowest BCUT2D eigenvalue weighted by atomic mass is 10.1. The molecular formula is C8H14BrNO3S. The number of alkyl halides is 1. The average molecular weight is 284 g/mol. The Morgan fingerprint density at radius 2 is 2.21 bits per heavy atom. The van der Waals surface area contributed by atoms with E-state index in [2.05, 4.69) is 21.2 Å². The van der Waals surface area contributed by atoms with Crippen LogP contribution in [-0.2, 0) is 14.6 Å². The Labute approximate surface area is 92.5 Å². The smallest absolute Gasteiger partial charge is 0.220 e. The number of hydrogen-bond donors (Lipinski definition) is 1. The lowest BCUT2D eigenvalue weighted by molar-refractivity contribution is -0.120. The highest BCUT2D eigenvalue weighted by molar-refractivity contribution is 9.09. The van der Waals surface area contributed by atoms with Crippen LogP contribution in [0.4, 0.5) is 0 Å². The van der Waals surface area contributed by atoms with E-state index in [0.29, 0.717) is 24.7 Å². The van der Waals surface area contributed by atoms with Gasteiger partial charge in [-0.15, -0.1) is 0 Å². The molecule has 82 valence electrons. The normalized spacial score (nSPS) is 24.8. The first-order chi connectivity index (χ1) is 6.53. The van der Waals surface area contributed by atoms with Gasteiger partial charge in [-0.3, -0.25) is 4.79 Å². The second-order valence-electron chi connectivity index (χ2n) is 3.51. The Kier molecular flexibility index (Phi) is 4.37. The molecule has 1 unspecified atom stereocenters. The van der Waals surface area contributed by atoms with E-state index in [9.17, 15) is 13.2 Å². The average Bonchev–Trinajstić information content (AvgIpc) is 2.43. The van der Waals surface area contributed by atoms with E-state index < -0.39 is 9.84 Å². The fraction of sp³-hybridized carbons (Fsp3) is 0.875. The van der Waals surface area contributed by atoms with Gasteiger partial charge in [-0.2, -0.15) is 0 Å². The second kappa shape index (κ2) is 5.11. The number of carbonyl (C=O) groups excluding carboxylic acids is 1. The maximum Gasteiger partial charge on any atom is 0.220 e. The molecule has 0 aliphatic carbocycles. The number of sulfone groups is 1. The van der Waals surface area contributed by atoms with Gasteiger partial charge in [-0.25, -0.2) is 8.42 Å². The largest absolute Gasteiger partial charge is 0.356 e. The molecule has 1 heterocycles. The third-order valence-electron chi connectivity index (χ3n) is 2.24. The Morgan fingerprint density at radius 3 is 2.71 bits per heavy atom. The predicted octanol–water partition coefficient (Wildman–Crippen LogP) is 0.322. The number of amides is 1. The fourth-order valence-corrected chi connectivity index (χ4v) is 3.69. The van der Waals surface area contributed by atoms with Crippen LogP contribution in [0.2, 0.25) is 0 Å². The summed E-state index contributed by atoms with van der Waals surface area (Å²) in [5, 5.41) is 3.37. The van der Waals surface area contributed by atoms with Crippen LogP contribution in [0.15, 0.2) is 0 Å². The topological polar surface area (TPSA) is 63.2 Å². The first-order valence-corrected chi connectivity index (χ1v) is 7.51. The van der Waals surface area contributed by atoms with E-state index in [-0.39, 0.29) is 23.3 Å². The van der Waals surface area contributed by atoms with Crippen LogP contribution in [0.1, 0.15) is 12.8 Å². The molecule has 1 aliphatic heterocycles. The summed E-state index contributed by atoms with van der Waals surface area (Å²) in [6.07, 6.45) is 1.12. The van der Waals surface area contributed by atoms with Crippen molar-refractivity contribution in [3.05, 3.63) is 0 Å². The van der Waals surface area contributed by atoms with Crippen LogP contribution in [0.5, 0.6) is 0 Å². The molecule has 1 atom stereocenters. The highest BCUT2D eigenvalue weighted by atomic mass is 79.9. The van der Waals surface area contributed by atoms with Crippen molar-refractivity contribution < 1.29 is 13.2 Å². The first-order valence-electron chi connectivity index (χ1n) is 4.56. The van der Waals surface area contributed by atoms with Crippen LogP contribution < -0.4 is 5.32 Å². The van der Waals surface area contributed by atoms with Crippen LogP contribution >= 0.6 is 15.9 Å². The zero-order valence-corrected chi connectivity index (χ0v) is 10.2. The Balaban J connectivity index is 2.24. The van der Waals surface area contributed by atoms with Crippen molar-refractivity contribution in [1.82, 2.24) is 5.32 Å². The van der Waals surface area contributed by atoms with Crippen LogP contribution in [0, 0.1) is 5.92 Å². The summed E-state index contributed by atoms with van der Waals surface area (Å²) in [5.74, 6) is 0.582. The molecule has 14 heavy (non-hydrogen) atoms. The highest BCUT2D eigenvalue weighted by Gasteiger charge is 2.27. The minimum absolute atomic E-state index is 0.0221. The highest BCUT2D eigenvalue weighted by Crippen LogP contribution is 2.17. The quantitative estimate of drug-likeness (QED) is 0.756. The van der Waals surface area contributed by atoms with Crippen molar-refractivity contribution in [3.63, 3.8) is 0 Å². The molecule has 0 spiro atoms. The summed E-state index contributed by atoms with van der Waals surface area (Å²) in [7, 11) is -2.82. The van der Waals surface area contributed by atoms with Gasteiger partial charge < -0.3 is 5.32 Å². The summed E-state index contributed by atoms with van der Waals surface area (Å²) in [4.78, 5) is 11.1. The van der Waals surface area contributed by atoms with Crippen molar-refractivity contribution in [2.45, 2.75) is 12.8 Å². The van der Waals surface area contributed by atoms with E-state index >= 15 is 0 Å². The van der Waals surface area contributed by atoms with Gasteiger partial charge in [0.25, 0.3) is 0 Å². The van der Waals surface area contributed by atoms with Crippen molar-refractivity contribution in [2.24, 2.45) is 5.92 Å². The molecule has 0 bridgehead atoms. The number of hydrogen-bond acceptors (Lipinski definition) is 3. The molecule has 6 heteroatoms. The SMILES string of the molecule is O=C(CCBr)NCC1CCS(=O)(=O)C1. The summed E-state index contributed by atoms with van der Waals surface area (Å²) >= 11 is 3.16. The van der Waals surface area contributed by atoms with Gasteiger partial charge in [-0.1, -0.05) is 15.9 Å². The number of carbonyl (C=O) groups is 1. The molecule has 0 aromatic carbocycles. The van der Waals surface area contributed by atoms with Crippen LogP contribution in [0.25, 0.3) is 0 Å². The van der Waals surface area contributed by atoms with Gasteiger partial charge in [0.2, 0.25) is 5.91 Å². The zero-order chi connectivity index (χ0) is 10.6. The summed E-state index contributed by atoms with van der Waals surface area (Å²) in [6.45, 7) is 0.491. The molecule has 1 saturated heterocycles. The Bertz CT molecular complexity index is 302. The number of halogens is 1. The second-order valence-corrected chi connectivity index (χ2v) is 6.53. The summed E-state index contributed by atoms with van der Waals surface area (Å²) in [6, 6.07) is 0. The molecule has 1 N–H and O–H groups in total. The maximum absolute atomic E-state index is 11.1. The molecule has 1 amide bonds.